The highest BCUT2D eigenvalue weighted by molar-refractivity contribution is 6.01. The van der Waals surface area contributed by atoms with Gasteiger partial charge < -0.3 is 16.8 Å². The summed E-state index contributed by atoms with van der Waals surface area (Å²) in [6, 6.07) is -0.142. The second-order valence-corrected chi connectivity index (χ2v) is 4.05. The Morgan fingerprint density at radius 3 is 2.88 bits per heavy atom. The molecule has 1 heterocycles. The molecule has 0 radical (unpaired) electrons. The standard InChI is InChI=1S/C12H22N4/c1-3-4-5-6-15-12-10(8-13)11(14)7-9(2)16-12/h7-8,11H,3-6,13-14H2,1-2H3,(H,15,16)/b10-8+. The largest absolute Gasteiger partial charge is 0.404 e. The lowest BCUT2D eigenvalue weighted by atomic mass is 10.0. The van der Waals surface area contributed by atoms with E-state index in [0.29, 0.717) is 0 Å². The van der Waals surface area contributed by atoms with Gasteiger partial charge in [0.15, 0.2) is 0 Å². The van der Waals surface area contributed by atoms with E-state index in [1.807, 2.05) is 13.0 Å². The average Bonchev–Trinajstić information content (AvgIpc) is 2.24. The molecule has 4 nitrogen and oxygen atoms in total. The topological polar surface area (TPSA) is 76.4 Å². The van der Waals surface area contributed by atoms with E-state index in [1.165, 1.54) is 12.8 Å². The van der Waals surface area contributed by atoms with Crippen molar-refractivity contribution in [3.8, 4) is 0 Å². The zero-order valence-electron chi connectivity index (χ0n) is 10.2. The lowest BCUT2D eigenvalue weighted by molar-refractivity contribution is 0.692. The number of allylic oxidation sites excluding steroid dienone is 1. The molecule has 0 aromatic carbocycles. The summed E-state index contributed by atoms with van der Waals surface area (Å²) < 4.78 is 0. The minimum Gasteiger partial charge on any atom is -0.404 e. The molecule has 0 saturated carbocycles. The number of rotatable bonds is 4. The van der Waals surface area contributed by atoms with E-state index in [-0.39, 0.29) is 6.04 Å². The summed E-state index contributed by atoms with van der Waals surface area (Å²) in [7, 11) is 0. The molecule has 16 heavy (non-hydrogen) atoms. The van der Waals surface area contributed by atoms with Crippen LogP contribution in [0, 0.1) is 0 Å². The average molecular weight is 222 g/mol. The molecule has 0 fully saturated rings. The Hall–Kier alpha value is -1.29. The molecule has 0 aliphatic carbocycles. The van der Waals surface area contributed by atoms with Gasteiger partial charge in [0, 0.05) is 24.0 Å². The van der Waals surface area contributed by atoms with Crippen molar-refractivity contribution in [1.29, 1.82) is 0 Å². The Labute approximate surface area is 97.5 Å². The van der Waals surface area contributed by atoms with Gasteiger partial charge >= 0.3 is 0 Å². The van der Waals surface area contributed by atoms with Gasteiger partial charge in [-0.25, -0.2) is 4.99 Å². The number of aliphatic imine (C=N–C) groups is 1. The Morgan fingerprint density at radius 2 is 2.25 bits per heavy atom. The molecule has 0 spiro atoms. The van der Waals surface area contributed by atoms with Crippen LogP contribution in [-0.4, -0.2) is 18.4 Å². The third-order valence-corrected chi connectivity index (χ3v) is 2.59. The summed E-state index contributed by atoms with van der Waals surface area (Å²) in [4.78, 5) is 4.42. The first-order chi connectivity index (χ1) is 7.69. The summed E-state index contributed by atoms with van der Waals surface area (Å²) in [6.07, 6.45) is 7.04. The van der Waals surface area contributed by atoms with Crippen LogP contribution >= 0.6 is 0 Å². The Kier molecular flexibility index (Phi) is 5.05. The predicted molar refractivity (Wildman–Crippen MR) is 69.0 cm³/mol. The number of hydrogen-bond donors (Lipinski definition) is 3. The molecule has 5 N–H and O–H groups in total. The first-order valence-corrected chi connectivity index (χ1v) is 5.87. The van der Waals surface area contributed by atoms with Crippen LogP contribution in [0.2, 0.25) is 0 Å². The number of hydrogen-bond acceptors (Lipinski definition) is 4. The molecule has 1 aliphatic rings. The van der Waals surface area contributed by atoms with Gasteiger partial charge in [0.2, 0.25) is 0 Å². The van der Waals surface area contributed by atoms with E-state index >= 15 is 0 Å². The fourth-order valence-electron chi connectivity index (χ4n) is 1.70. The summed E-state index contributed by atoms with van der Waals surface area (Å²) in [5, 5.41) is 3.30. The van der Waals surface area contributed by atoms with Crippen LogP contribution in [0.4, 0.5) is 0 Å². The molecular formula is C12H22N4. The molecular weight excluding hydrogens is 200 g/mol. The third kappa shape index (κ3) is 3.38. The van der Waals surface area contributed by atoms with E-state index < -0.39 is 0 Å². The summed E-state index contributed by atoms with van der Waals surface area (Å²) in [5.74, 6) is 0.825. The molecule has 0 saturated heterocycles. The zero-order valence-corrected chi connectivity index (χ0v) is 10.2. The van der Waals surface area contributed by atoms with Crippen molar-refractivity contribution in [1.82, 2.24) is 5.32 Å². The van der Waals surface area contributed by atoms with Crippen molar-refractivity contribution in [3.63, 3.8) is 0 Å². The van der Waals surface area contributed by atoms with Gasteiger partial charge in [-0.1, -0.05) is 19.8 Å². The van der Waals surface area contributed by atoms with Crippen LogP contribution in [0.3, 0.4) is 0 Å². The van der Waals surface area contributed by atoms with Crippen molar-refractivity contribution >= 4 is 5.84 Å². The van der Waals surface area contributed by atoms with E-state index in [2.05, 4.69) is 17.2 Å². The molecule has 1 aliphatic heterocycles. The van der Waals surface area contributed by atoms with E-state index in [9.17, 15) is 0 Å². The summed E-state index contributed by atoms with van der Waals surface area (Å²) >= 11 is 0. The lowest BCUT2D eigenvalue weighted by Gasteiger charge is -2.20. The SMILES string of the molecule is CCCCCNC1=NC(C)=CC(N)/C1=C\N. The molecule has 1 unspecified atom stereocenters. The van der Waals surface area contributed by atoms with Crippen LogP contribution in [-0.2, 0) is 0 Å². The molecule has 0 bridgehead atoms. The third-order valence-electron chi connectivity index (χ3n) is 2.59. The number of nitrogens with two attached hydrogens (primary N) is 2. The van der Waals surface area contributed by atoms with E-state index in [1.54, 1.807) is 6.20 Å². The molecule has 0 aromatic heterocycles. The monoisotopic (exact) mass is 222 g/mol. The normalized spacial score (nSPS) is 22.9. The maximum Gasteiger partial charge on any atom is 0.132 e. The van der Waals surface area contributed by atoms with Gasteiger partial charge in [-0.05, 0) is 19.4 Å². The first-order valence-electron chi connectivity index (χ1n) is 5.87. The maximum atomic E-state index is 5.96. The van der Waals surface area contributed by atoms with Gasteiger partial charge in [0.25, 0.3) is 0 Å². The molecule has 0 amide bonds. The van der Waals surface area contributed by atoms with Crippen LogP contribution in [0.15, 0.2) is 28.5 Å². The molecule has 0 aromatic rings. The van der Waals surface area contributed by atoms with Crippen molar-refractivity contribution < 1.29 is 0 Å². The van der Waals surface area contributed by atoms with Gasteiger partial charge in [-0.15, -0.1) is 0 Å². The minimum atomic E-state index is -0.142. The number of nitrogens with zero attached hydrogens (tertiary/aromatic N) is 1. The van der Waals surface area contributed by atoms with Crippen LogP contribution in [0.1, 0.15) is 33.1 Å². The lowest BCUT2D eigenvalue weighted by Crippen LogP contribution is -2.37. The van der Waals surface area contributed by atoms with Crippen LogP contribution in [0.25, 0.3) is 0 Å². The second-order valence-electron chi connectivity index (χ2n) is 4.05. The first kappa shape index (κ1) is 12.8. The summed E-state index contributed by atoms with van der Waals surface area (Å²) in [6.45, 7) is 5.05. The van der Waals surface area contributed by atoms with Crippen molar-refractivity contribution in [3.05, 3.63) is 23.5 Å². The van der Waals surface area contributed by atoms with Crippen molar-refractivity contribution in [2.75, 3.05) is 6.54 Å². The Morgan fingerprint density at radius 1 is 1.50 bits per heavy atom. The van der Waals surface area contributed by atoms with Gasteiger partial charge in [0.05, 0.1) is 6.04 Å². The van der Waals surface area contributed by atoms with Gasteiger partial charge in [-0.2, -0.15) is 0 Å². The minimum absolute atomic E-state index is 0.142. The Bertz CT molecular complexity index is 315. The fourth-order valence-corrected chi connectivity index (χ4v) is 1.70. The molecule has 1 atom stereocenters. The van der Waals surface area contributed by atoms with E-state index in [4.69, 9.17) is 11.5 Å². The molecule has 90 valence electrons. The number of nitrogens with one attached hydrogen (secondary N) is 1. The second kappa shape index (κ2) is 6.33. The van der Waals surface area contributed by atoms with Crippen molar-refractivity contribution in [2.45, 2.75) is 39.2 Å². The van der Waals surface area contributed by atoms with Gasteiger partial charge in [-0.3, -0.25) is 0 Å². The highest BCUT2D eigenvalue weighted by Gasteiger charge is 2.17. The molecule has 4 heteroatoms. The molecule has 1 rings (SSSR count). The summed E-state index contributed by atoms with van der Waals surface area (Å²) in [5.41, 5.74) is 13.3. The maximum absolute atomic E-state index is 5.96. The van der Waals surface area contributed by atoms with E-state index in [0.717, 1.165) is 30.1 Å². The quantitative estimate of drug-likeness (QED) is 0.627. The highest BCUT2D eigenvalue weighted by atomic mass is 15.0. The van der Waals surface area contributed by atoms with Gasteiger partial charge in [0.1, 0.15) is 5.84 Å². The van der Waals surface area contributed by atoms with Crippen molar-refractivity contribution in [2.24, 2.45) is 16.5 Å². The van der Waals surface area contributed by atoms with Crippen LogP contribution < -0.4 is 16.8 Å². The zero-order chi connectivity index (χ0) is 12.0. The van der Waals surface area contributed by atoms with Crippen LogP contribution in [0.5, 0.6) is 0 Å². The predicted octanol–water partition coefficient (Wildman–Crippen LogP) is 1.25. The fraction of sp³-hybridized carbons (Fsp3) is 0.583. The number of unbranched alkanes of at least 4 members (excludes halogenated alkanes) is 2. The Balaban J connectivity index is 2.58. The smallest absolute Gasteiger partial charge is 0.132 e. The number of amidine groups is 1. The highest BCUT2D eigenvalue weighted by Crippen LogP contribution is 2.13.